The molecule has 7 heteroatoms. The first-order valence-corrected chi connectivity index (χ1v) is 8.31. The van der Waals surface area contributed by atoms with E-state index in [2.05, 4.69) is 21.1 Å². The number of oxime groups is 1. The van der Waals surface area contributed by atoms with Crippen molar-refractivity contribution in [1.82, 2.24) is 0 Å². The molecule has 0 spiro atoms. The Balaban J connectivity index is 1.80. The fourth-order valence-electron chi connectivity index (χ4n) is 1.97. The third kappa shape index (κ3) is 6.11. The van der Waals surface area contributed by atoms with Crippen molar-refractivity contribution in [2.75, 3.05) is 13.7 Å². The van der Waals surface area contributed by atoms with Gasteiger partial charge in [-0.3, -0.25) is 0 Å². The van der Waals surface area contributed by atoms with Gasteiger partial charge >= 0.3 is 5.97 Å². The second kappa shape index (κ2) is 9.08. The second-order valence-corrected chi connectivity index (χ2v) is 6.12. The smallest absolute Gasteiger partial charge is 0.372 e. The molecule has 6 nitrogen and oxygen atoms in total. The summed E-state index contributed by atoms with van der Waals surface area (Å²) in [6, 6.07) is 12.8. The number of aryl methyl sites for hydroxylation is 1. The van der Waals surface area contributed by atoms with E-state index in [1.54, 1.807) is 13.2 Å². The molecule has 0 aliphatic heterocycles. The van der Waals surface area contributed by atoms with Crippen molar-refractivity contribution in [2.45, 2.75) is 13.3 Å². The van der Waals surface area contributed by atoms with Crippen LogP contribution >= 0.6 is 15.9 Å². The molecule has 0 saturated carbocycles. The lowest BCUT2D eigenvalue weighted by atomic mass is 10.1. The summed E-state index contributed by atoms with van der Waals surface area (Å²) in [6.45, 7) is 1.68. The maximum Gasteiger partial charge on any atom is 0.372 e. The first-order chi connectivity index (χ1) is 12.0. The summed E-state index contributed by atoms with van der Waals surface area (Å²) >= 11 is 3.40. The number of rotatable bonds is 7. The van der Waals surface area contributed by atoms with E-state index in [0.29, 0.717) is 12.2 Å². The topological polar surface area (TPSA) is 83.1 Å². The van der Waals surface area contributed by atoms with Crippen molar-refractivity contribution in [3.63, 3.8) is 0 Å². The van der Waals surface area contributed by atoms with E-state index in [-0.39, 0.29) is 12.4 Å². The predicted molar refractivity (Wildman–Crippen MR) is 98.8 cm³/mol. The Morgan fingerprint density at radius 2 is 1.84 bits per heavy atom. The quantitative estimate of drug-likeness (QED) is 0.330. The average molecular weight is 407 g/mol. The Kier molecular flexibility index (Phi) is 6.82. The number of carbonyl (C=O) groups is 1. The number of carbonyl (C=O) groups excluding carboxylic acids is 1. The molecule has 25 heavy (non-hydrogen) atoms. The van der Waals surface area contributed by atoms with Gasteiger partial charge in [0.2, 0.25) is 0 Å². The Hall–Kier alpha value is -2.54. The molecule has 132 valence electrons. The van der Waals surface area contributed by atoms with Gasteiger partial charge in [0.25, 0.3) is 0 Å². The number of benzene rings is 2. The third-order valence-corrected chi connectivity index (χ3v) is 4.18. The van der Waals surface area contributed by atoms with Gasteiger partial charge in [-0.1, -0.05) is 33.2 Å². The van der Waals surface area contributed by atoms with Gasteiger partial charge in [0.05, 0.1) is 7.11 Å². The minimum atomic E-state index is -0.627. The largest absolute Gasteiger partial charge is 0.497 e. The summed E-state index contributed by atoms with van der Waals surface area (Å²) in [4.78, 5) is 16.4. The average Bonchev–Trinajstić information content (AvgIpc) is 2.61. The number of ether oxygens (including phenoxy) is 2. The minimum absolute atomic E-state index is 0.193. The lowest BCUT2D eigenvalue weighted by Crippen LogP contribution is -2.19. The molecule has 2 aromatic carbocycles. The molecule has 0 fully saturated rings. The summed E-state index contributed by atoms with van der Waals surface area (Å²) in [5, 5.41) is 3.63. The second-order valence-electron chi connectivity index (χ2n) is 5.27. The van der Waals surface area contributed by atoms with Crippen molar-refractivity contribution in [2.24, 2.45) is 10.9 Å². The molecule has 0 aromatic heterocycles. The van der Waals surface area contributed by atoms with Crippen molar-refractivity contribution in [1.29, 1.82) is 0 Å². The van der Waals surface area contributed by atoms with Crippen LogP contribution in [0.25, 0.3) is 0 Å². The highest BCUT2D eigenvalue weighted by molar-refractivity contribution is 9.10. The van der Waals surface area contributed by atoms with Crippen LogP contribution in [0.5, 0.6) is 11.5 Å². The fraction of sp³-hybridized carbons (Fsp3) is 0.222. The Bertz CT molecular complexity index is 760. The molecular weight excluding hydrogens is 388 g/mol. The highest BCUT2D eigenvalue weighted by atomic mass is 79.9. The number of nitrogens with zero attached hydrogens (tertiary/aromatic N) is 1. The van der Waals surface area contributed by atoms with Crippen molar-refractivity contribution < 1.29 is 19.1 Å². The third-order valence-electron chi connectivity index (χ3n) is 3.30. The van der Waals surface area contributed by atoms with Crippen LogP contribution < -0.4 is 15.2 Å². The Labute approximate surface area is 154 Å². The van der Waals surface area contributed by atoms with Gasteiger partial charge in [-0.2, -0.15) is 0 Å². The van der Waals surface area contributed by atoms with Gasteiger partial charge in [-0.05, 0) is 48.4 Å². The molecule has 0 bridgehead atoms. The minimum Gasteiger partial charge on any atom is -0.497 e. The van der Waals surface area contributed by atoms with Gasteiger partial charge in [-0.15, -0.1) is 0 Å². The van der Waals surface area contributed by atoms with Gasteiger partial charge in [0.15, 0.2) is 6.61 Å². The Morgan fingerprint density at radius 3 is 2.48 bits per heavy atom. The van der Waals surface area contributed by atoms with Crippen molar-refractivity contribution in [3.05, 3.63) is 58.1 Å². The molecule has 2 rings (SSSR count). The first kappa shape index (κ1) is 18.8. The molecule has 2 aromatic rings. The molecule has 0 heterocycles. The van der Waals surface area contributed by atoms with E-state index >= 15 is 0 Å². The van der Waals surface area contributed by atoms with Crippen LogP contribution in [0.1, 0.15) is 11.1 Å². The summed E-state index contributed by atoms with van der Waals surface area (Å²) in [5.41, 5.74) is 7.70. The van der Waals surface area contributed by atoms with Crippen LogP contribution in [0.2, 0.25) is 0 Å². The van der Waals surface area contributed by atoms with E-state index in [1.807, 2.05) is 43.3 Å². The molecule has 2 N–H and O–H groups in total. The molecule has 0 aliphatic rings. The van der Waals surface area contributed by atoms with E-state index in [1.165, 1.54) is 0 Å². The molecule has 0 unspecified atom stereocenters. The van der Waals surface area contributed by atoms with Gasteiger partial charge in [0, 0.05) is 10.9 Å². The maximum absolute atomic E-state index is 11.7. The number of halogens is 1. The van der Waals surface area contributed by atoms with Crippen molar-refractivity contribution >= 4 is 27.7 Å². The standard InChI is InChI=1S/C18H19BrN2O4/c1-12-9-15(7-8-16(12)19)24-11-18(22)25-21-17(20)10-13-3-5-14(23-2)6-4-13/h3-9H,10-11H2,1-2H3,(H2,20,21). The molecule has 0 radical (unpaired) electrons. The van der Waals surface area contributed by atoms with Crippen LogP contribution in [0.3, 0.4) is 0 Å². The molecule has 0 amide bonds. The summed E-state index contributed by atoms with van der Waals surface area (Å²) < 4.78 is 11.4. The number of methoxy groups -OCH3 is 1. The monoisotopic (exact) mass is 406 g/mol. The zero-order chi connectivity index (χ0) is 18.2. The van der Waals surface area contributed by atoms with E-state index in [9.17, 15) is 4.79 Å². The van der Waals surface area contributed by atoms with Crippen LogP contribution in [0.15, 0.2) is 52.1 Å². The molecule has 0 saturated heterocycles. The zero-order valence-electron chi connectivity index (χ0n) is 14.0. The number of nitrogens with two attached hydrogens (primary N) is 1. The predicted octanol–water partition coefficient (Wildman–Crippen LogP) is 3.20. The summed E-state index contributed by atoms with van der Waals surface area (Å²) in [6.07, 6.45) is 0.365. The number of amidine groups is 1. The number of hydrogen-bond acceptors (Lipinski definition) is 5. The van der Waals surface area contributed by atoms with Gasteiger partial charge < -0.3 is 20.0 Å². The van der Waals surface area contributed by atoms with Crippen LogP contribution in [0, 0.1) is 6.92 Å². The molecule has 0 atom stereocenters. The molecular formula is C18H19BrN2O4. The lowest BCUT2D eigenvalue weighted by molar-refractivity contribution is -0.146. The SMILES string of the molecule is COc1ccc(C/C(N)=N\OC(=O)COc2ccc(Br)c(C)c2)cc1. The first-order valence-electron chi connectivity index (χ1n) is 7.52. The van der Waals surface area contributed by atoms with Gasteiger partial charge in [-0.25, -0.2) is 4.79 Å². The lowest BCUT2D eigenvalue weighted by Gasteiger charge is -2.06. The fourth-order valence-corrected chi connectivity index (χ4v) is 2.22. The van der Waals surface area contributed by atoms with Crippen LogP contribution in [0.4, 0.5) is 0 Å². The van der Waals surface area contributed by atoms with Crippen LogP contribution in [-0.4, -0.2) is 25.5 Å². The molecule has 0 aliphatic carbocycles. The van der Waals surface area contributed by atoms with E-state index < -0.39 is 5.97 Å². The summed E-state index contributed by atoms with van der Waals surface area (Å²) in [7, 11) is 1.60. The Morgan fingerprint density at radius 1 is 1.16 bits per heavy atom. The van der Waals surface area contributed by atoms with E-state index in [4.69, 9.17) is 20.0 Å². The van der Waals surface area contributed by atoms with E-state index in [0.717, 1.165) is 21.3 Å². The summed E-state index contributed by atoms with van der Waals surface area (Å²) in [5.74, 6) is 0.898. The highest BCUT2D eigenvalue weighted by Crippen LogP contribution is 2.21. The van der Waals surface area contributed by atoms with Crippen molar-refractivity contribution in [3.8, 4) is 11.5 Å². The van der Waals surface area contributed by atoms with Crippen LogP contribution in [-0.2, 0) is 16.1 Å². The highest BCUT2D eigenvalue weighted by Gasteiger charge is 2.06. The maximum atomic E-state index is 11.7. The van der Waals surface area contributed by atoms with Gasteiger partial charge in [0.1, 0.15) is 17.3 Å². The normalized spacial score (nSPS) is 11.1. The zero-order valence-corrected chi connectivity index (χ0v) is 15.6. The number of hydrogen-bond donors (Lipinski definition) is 1.